The van der Waals surface area contributed by atoms with Gasteiger partial charge in [-0.05, 0) is 62.4 Å². The number of aromatic nitrogens is 2. The molecule has 5 nitrogen and oxygen atoms in total. The number of carbonyl (C=O) groups is 1. The van der Waals surface area contributed by atoms with Crippen LogP contribution in [0.2, 0.25) is 5.02 Å². The first-order valence-corrected chi connectivity index (χ1v) is 10.2. The Morgan fingerprint density at radius 2 is 1.69 bits per heavy atom. The van der Waals surface area contributed by atoms with Gasteiger partial charge in [-0.3, -0.25) is 9.59 Å². The lowest BCUT2D eigenvalue weighted by Gasteiger charge is -2.22. The highest BCUT2D eigenvalue weighted by atomic mass is 35.5. The number of nitrogens with one attached hydrogen (secondary N) is 1. The Morgan fingerprint density at radius 3 is 2.38 bits per heavy atom. The Hall–Kier alpha value is -2.92. The summed E-state index contributed by atoms with van der Waals surface area (Å²) in [6.07, 6.45) is 3.59. The zero-order chi connectivity index (χ0) is 20.4. The Balaban J connectivity index is 1.73. The van der Waals surface area contributed by atoms with Gasteiger partial charge >= 0.3 is 0 Å². The average molecular weight is 408 g/mol. The summed E-state index contributed by atoms with van der Waals surface area (Å²) in [5.74, 6) is -0.295. The van der Waals surface area contributed by atoms with Gasteiger partial charge in [-0.15, -0.1) is 0 Å². The standard InChI is InChI=1S/C23H22ClN3O2/c1-15(22(28)25-18-13-11-17(24)12-14-18)27-23(29)20-10-6-5-9-19(20)21(26-27)16-7-3-2-4-8-16/h2-4,7-8,11-15H,5-6,9-10H2,1H3,(H,25,28). The van der Waals surface area contributed by atoms with E-state index in [-0.39, 0.29) is 11.5 Å². The summed E-state index contributed by atoms with van der Waals surface area (Å²) in [6.45, 7) is 1.70. The second kappa shape index (κ2) is 8.21. The number of anilines is 1. The molecule has 1 N–H and O–H groups in total. The van der Waals surface area contributed by atoms with Crippen LogP contribution in [-0.2, 0) is 17.6 Å². The van der Waals surface area contributed by atoms with E-state index in [0.29, 0.717) is 10.7 Å². The Labute approximate surface area is 174 Å². The second-order valence-electron chi connectivity index (χ2n) is 7.30. The highest BCUT2D eigenvalue weighted by molar-refractivity contribution is 6.30. The number of halogens is 1. The average Bonchev–Trinajstić information content (AvgIpc) is 2.76. The smallest absolute Gasteiger partial charge is 0.271 e. The normalized spacial score (nSPS) is 14.1. The molecule has 0 bridgehead atoms. The van der Waals surface area contributed by atoms with E-state index in [9.17, 15) is 9.59 Å². The molecule has 0 radical (unpaired) electrons. The monoisotopic (exact) mass is 407 g/mol. The van der Waals surface area contributed by atoms with Gasteiger partial charge < -0.3 is 5.32 Å². The van der Waals surface area contributed by atoms with Crippen molar-refractivity contribution in [2.75, 3.05) is 5.32 Å². The van der Waals surface area contributed by atoms with E-state index in [1.165, 1.54) is 4.68 Å². The van der Waals surface area contributed by atoms with Crippen LogP contribution in [0, 0.1) is 0 Å². The van der Waals surface area contributed by atoms with E-state index in [2.05, 4.69) is 10.4 Å². The molecule has 1 heterocycles. The first-order valence-electron chi connectivity index (χ1n) is 9.81. The van der Waals surface area contributed by atoms with Crippen molar-refractivity contribution >= 4 is 23.2 Å². The minimum atomic E-state index is -0.743. The molecule has 148 valence electrons. The van der Waals surface area contributed by atoms with E-state index < -0.39 is 6.04 Å². The number of fused-ring (bicyclic) bond motifs is 1. The maximum absolute atomic E-state index is 13.1. The first-order chi connectivity index (χ1) is 14.0. The summed E-state index contributed by atoms with van der Waals surface area (Å²) >= 11 is 5.90. The Bertz CT molecular complexity index is 1090. The van der Waals surface area contributed by atoms with Gasteiger partial charge in [-0.25, -0.2) is 4.68 Å². The van der Waals surface area contributed by atoms with Crippen LogP contribution in [0.15, 0.2) is 59.4 Å². The summed E-state index contributed by atoms with van der Waals surface area (Å²) in [6, 6.07) is 16.0. The van der Waals surface area contributed by atoms with Crippen molar-refractivity contribution in [3.05, 3.63) is 81.1 Å². The van der Waals surface area contributed by atoms with Gasteiger partial charge in [0.1, 0.15) is 6.04 Å². The fraction of sp³-hybridized carbons (Fsp3) is 0.261. The summed E-state index contributed by atoms with van der Waals surface area (Å²) in [5.41, 5.74) is 4.03. The molecule has 0 fully saturated rings. The van der Waals surface area contributed by atoms with Crippen LogP contribution in [0.25, 0.3) is 11.3 Å². The molecule has 1 aromatic heterocycles. The largest absolute Gasteiger partial charge is 0.324 e. The van der Waals surface area contributed by atoms with Gasteiger partial charge in [0, 0.05) is 21.8 Å². The van der Waals surface area contributed by atoms with Crippen molar-refractivity contribution in [3.8, 4) is 11.3 Å². The third kappa shape index (κ3) is 3.96. The van der Waals surface area contributed by atoms with Gasteiger partial charge in [0.25, 0.3) is 5.56 Å². The highest BCUT2D eigenvalue weighted by Crippen LogP contribution is 2.28. The van der Waals surface area contributed by atoms with Crippen molar-refractivity contribution in [3.63, 3.8) is 0 Å². The number of nitrogens with zero attached hydrogens (tertiary/aromatic N) is 2. The predicted octanol–water partition coefficient (Wildman–Crippen LogP) is 4.64. The van der Waals surface area contributed by atoms with Gasteiger partial charge in [0.2, 0.25) is 5.91 Å². The van der Waals surface area contributed by atoms with Crippen molar-refractivity contribution in [1.29, 1.82) is 0 Å². The minimum Gasteiger partial charge on any atom is -0.324 e. The molecule has 1 amide bonds. The SMILES string of the molecule is CC(C(=O)Nc1ccc(Cl)cc1)n1nc(-c2ccccc2)c2c(c1=O)CCCC2. The van der Waals surface area contributed by atoms with Crippen LogP contribution < -0.4 is 10.9 Å². The minimum absolute atomic E-state index is 0.168. The molecule has 1 unspecified atom stereocenters. The van der Waals surface area contributed by atoms with E-state index in [1.54, 1.807) is 31.2 Å². The third-order valence-electron chi connectivity index (χ3n) is 5.33. The maximum Gasteiger partial charge on any atom is 0.271 e. The van der Waals surface area contributed by atoms with Crippen LogP contribution >= 0.6 is 11.6 Å². The van der Waals surface area contributed by atoms with Crippen LogP contribution in [0.3, 0.4) is 0 Å². The zero-order valence-corrected chi connectivity index (χ0v) is 16.9. The van der Waals surface area contributed by atoms with Crippen molar-refractivity contribution in [2.24, 2.45) is 0 Å². The molecule has 2 aromatic carbocycles. The van der Waals surface area contributed by atoms with Crippen molar-refractivity contribution in [1.82, 2.24) is 9.78 Å². The number of rotatable bonds is 4. The lowest BCUT2D eigenvalue weighted by molar-refractivity contribution is -0.119. The summed E-state index contributed by atoms with van der Waals surface area (Å²) in [4.78, 5) is 26.0. The molecule has 4 rings (SSSR count). The summed E-state index contributed by atoms with van der Waals surface area (Å²) in [5, 5.41) is 8.09. The van der Waals surface area contributed by atoms with E-state index in [0.717, 1.165) is 48.1 Å². The zero-order valence-electron chi connectivity index (χ0n) is 16.2. The number of hydrogen-bond acceptors (Lipinski definition) is 3. The lowest BCUT2D eigenvalue weighted by atomic mass is 9.89. The topological polar surface area (TPSA) is 64.0 Å². The Morgan fingerprint density at radius 1 is 1.03 bits per heavy atom. The molecule has 29 heavy (non-hydrogen) atoms. The molecular formula is C23H22ClN3O2. The number of hydrogen-bond donors (Lipinski definition) is 1. The van der Waals surface area contributed by atoms with Crippen molar-refractivity contribution < 1.29 is 4.79 Å². The molecular weight excluding hydrogens is 386 g/mol. The number of benzene rings is 2. The Kier molecular flexibility index (Phi) is 5.49. The number of amides is 1. The van der Waals surface area contributed by atoms with Crippen molar-refractivity contribution in [2.45, 2.75) is 38.6 Å². The molecule has 6 heteroatoms. The summed E-state index contributed by atoms with van der Waals surface area (Å²) < 4.78 is 1.33. The van der Waals surface area contributed by atoms with E-state index in [1.807, 2.05) is 30.3 Å². The van der Waals surface area contributed by atoms with Crippen LogP contribution in [0.4, 0.5) is 5.69 Å². The molecule has 0 saturated carbocycles. The summed E-state index contributed by atoms with van der Waals surface area (Å²) in [7, 11) is 0. The van der Waals surface area contributed by atoms with E-state index >= 15 is 0 Å². The van der Waals surface area contributed by atoms with Crippen LogP contribution in [-0.4, -0.2) is 15.7 Å². The highest BCUT2D eigenvalue weighted by Gasteiger charge is 2.25. The fourth-order valence-electron chi connectivity index (χ4n) is 3.74. The molecule has 0 aliphatic heterocycles. The lowest BCUT2D eigenvalue weighted by Crippen LogP contribution is -2.37. The second-order valence-corrected chi connectivity index (χ2v) is 7.74. The molecule has 0 saturated heterocycles. The first kappa shape index (κ1) is 19.4. The quantitative estimate of drug-likeness (QED) is 0.685. The molecule has 1 aliphatic rings. The van der Waals surface area contributed by atoms with Gasteiger partial charge in [0.05, 0.1) is 5.69 Å². The van der Waals surface area contributed by atoms with Crippen LogP contribution in [0.5, 0.6) is 0 Å². The molecule has 3 aromatic rings. The van der Waals surface area contributed by atoms with Gasteiger partial charge in [-0.1, -0.05) is 41.9 Å². The van der Waals surface area contributed by atoms with Gasteiger partial charge in [-0.2, -0.15) is 5.10 Å². The van der Waals surface area contributed by atoms with E-state index in [4.69, 9.17) is 11.6 Å². The number of carbonyl (C=O) groups excluding carboxylic acids is 1. The third-order valence-corrected chi connectivity index (χ3v) is 5.58. The van der Waals surface area contributed by atoms with Gasteiger partial charge in [0.15, 0.2) is 0 Å². The maximum atomic E-state index is 13.1. The predicted molar refractivity (Wildman–Crippen MR) is 115 cm³/mol. The fourth-order valence-corrected chi connectivity index (χ4v) is 3.86. The molecule has 1 atom stereocenters. The van der Waals surface area contributed by atoms with Crippen LogP contribution in [0.1, 0.15) is 36.9 Å². The molecule has 1 aliphatic carbocycles. The molecule has 0 spiro atoms.